The van der Waals surface area contributed by atoms with Crippen molar-refractivity contribution >= 4 is 22.0 Å². The number of nitrogens with zero attached hydrogens (tertiary/aromatic N) is 4. The molecular weight excluding hydrogens is 327 g/mol. The Bertz CT molecular complexity index is 985. The first-order valence-electron chi connectivity index (χ1n) is 7.46. The van der Waals surface area contributed by atoms with Gasteiger partial charge < -0.3 is 4.90 Å². The Morgan fingerprint density at radius 2 is 2.08 bits per heavy atom. The van der Waals surface area contributed by atoms with E-state index in [0.29, 0.717) is 29.4 Å². The minimum absolute atomic E-state index is 0.258. The standard InChI is InChI=1S/C17H15FN4OS/c1-3-21(14-6-4-12(18)5-7-14)10-13-8-16(23)22-15(9-19)11(2)24-17(22)20-13/h4-8H,3,10H2,1-2H3. The summed E-state index contributed by atoms with van der Waals surface area (Å²) in [5.74, 6) is -0.286. The van der Waals surface area contributed by atoms with Gasteiger partial charge in [-0.25, -0.2) is 13.8 Å². The molecule has 3 aromatic rings. The summed E-state index contributed by atoms with van der Waals surface area (Å²) < 4.78 is 14.4. The van der Waals surface area contributed by atoms with Gasteiger partial charge in [-0.1, -0.05) is 0 Å². The highest BCUT2D eigenvalue weighted by molar-refractivity contribution is 7.17. The third-order valence-corrected chi connectivity index (χ3v) is 4.73. The van der Waals surface area contributed by atoms with Crippen molar-refractivity contribution in [2.45, 2.75) is 20.4 Å². The fourth-order valence-corrected chi connectivity index (χ4v) is 3.51. The van der Waals surface area contributed by atoms with Gasteiger partial charge in [0.25, 0.3) is 5.56 Å². The van der Waals surface area contributed by atoms with E-state index in [9.17, 15) is 14.4 Å². The molecule has 2 aromatic heterocycles. The monoisotopic (exact) mass is 342 g/mol. The van der Waals surface area contributed by atoms with Crippen molar-refractivity contribution < 1.29 is 4.39 Å². The summed E-state index contributed by atoms with van der Waals surface area (Å²) in [6.07, 6.45) is 0. The largest absolute Gasteiger partial charge is 0.366 e. The number of fused-ring (bicyclic) bond motifs is 1. The van der Waals surface area contributed by atoms with Crippen LogP contribution in [0, 0.1) is 24.1 Å². The zero-order valence-corrected chi connectivity index (χ0v) is 14.1. The third kappa shape index (κ3) is 2.88. The maximum absolute atomic E-state index is 13.1. The quantitative estimate of drug-likeness (QED) is 0.731. The van der Waals surface area contributed by atoms with Gasteiger partial charge in [0.2, 0.25) is 0 Å². The summed E-state index contributed by atoms with van der Waals surface area (Å²) in [7, 11) is 0. The summed E-state index contributed by atoms with van der Waals surface area (Å²) in [4.78, 5) is 20.2. The van der Waals surface area contributed by atoms with Gasteiger partial charge in [-0.3, -0.25) is 4.79 Å². The van der Waals surface area contributed by atoms with Gasteiger partial charge in [-0.2, -0.15) is 5.26 Å². The van der Waals surface area contributed by atoms with Crippen molar-refractivity contribution in [1.82, 2.24) is 9.38 Å². The molecule has 1 aromatic carbocycles. The Labute approximate surface area is 142 Å². The smallest absolute Gasteiger partial charge is 0.259 e. The van der Waals surface area contributed by atoms with Crippen LogP contribution in [0.25, 0.3) is 4.96 Å². The molecule has 0 spiro atoms. The molecule has 2 heterocycles. The summed E-state index contributed by atoms with van der Waals surface area (Å²) in [6.45, 7) is 4.91. The summed E-state index contributed by atoms with van der Waals surface area (Å²) in [5.41, 5.74) is 1.56. The molecule has 0 saturated carbocycles. The third-order valence-electron chi connectivity index (χ3n) is 3.77. The number of thiazole rings is 1. The van der Waals surface area contributed by atoms with Gasteiger partial charge in [0, 0.05) is 23.2 Å². The average Bonchev–Trinajstić information content (AvgIpc) is 2.89. The first-order valence-corrected chi connectivity index (χ1v) is 8.27. The van der Waals surface area contributed by atoms with Crippen LogP contribution in [0.1, 0.15) is 23.2 Å². The Morgan fingerprint density at radius 1 is 1.38 bits per heavy atom. The number of nitriles is 1. The van der Waals surface area contributed by atoms with Gasteiger partial charge in [0.05, 0.1) is 12.2 Å². The van der Waals surface area contributed by atoms with Crippen molar-refractivity contribution in [2.75, 3.05) is 11.4 Å². The van der Waals surface area contributed by atoms with Gasteiger partial charge in [0.1, 0.15) is 17.6 Å². The molecule has 7 heteroatoms. The predicted molar refractivity (Wildman–Crippen MR) is 91.9 cm³/mol. The number of hydrogen-bond donors (Lipinski definition) is 0. The highest BCUT2D eigenvalue weighted by atomic mass is 32.1. The topological polar surface area (TPSA) is 61.4 Å². The van der Waals surface area contributed by atoms with Crippen LogP contribution in [0.3, 0.4) is 0 Å². The fourth-order valence-electron chi connectivity index (χ4n) is 2.57. The Morgan fingerprint density at radius 3 is 2.71 bits per heavy atom. The van der Waals surface area contributed by atoms with E-state index in [1.54, 1.807) is 19.1 Å². The molecule has 0 saturated heterocycles. The summed E-state index contributed by atoms with van der Waals surface area (Å²) in [5, 5.41) is 9.18. The second-order valence-electron chi connectivity index (χ2n) is 5.31. The predicted octanol–water partition coefficient (Wildman–Crippen LogP) is 3.10. The van der Waals surface area contributed by atoms with Crippen LogP contribution in [0.2, 0.25) is 0 Å². The number of aromatic nitrogens is 2. The van der Waals surface area contributed by atoms with Crippen LogP contribution in [-0.4, -0.2) is 15.9 Å². The molecule has 5 nitrogen and oxygen atoms in total. The van der Waals surface area contributed by atoms with Gasteiger partial charge in [-0.05, 0) is 38.1 Å². The SMILES string of the molecule is CCN(Cc1cc(=O)n2c(C#N)c(C)sc2n1)c1ccc(F)cc1. The molecule has 0 unspecified atom stereocenters. The van der Waals surface area contributed by atoms with E-state index in [-0.39, 0.29) is 11.4 Å². The number of halogens is 1. The van der Waals surface area contributed by atoms with Crippen LogP contribution < -0.4 is 10.5 Å². The maximum atomic E-state index is 13.1. The van der Waals surface area contributed by atoms with E-state index in [0.717, 1.165) is 10.6 Å². The zero-order chi connectivity index (χ0) is 17.3. The lowest BCUT2D eigenvalue weighted by atomic mass is 10.2. The van der Waals surface area contributed by atoms with Crippen LogP contribution in [0.5, 0.6) is 0 Å². The van der Waals surface area contributed by atoms with E-state index in [1.165, 1.54) is 33.9 Å². The van der Waals surface area contributed by atoms with Gasteiger partial charge in [0.15, 0.2) is 4.96 Å². The summed E-state index contributed by atoms with van der Waals surface area (Å²) in [6, 6.07) is 9.72. The Balaban J connectivity index is 1.99. The first kappa shape index (κ1) is 16.1. The van der Waals surface area contributed by atoms with Crippen molar-refractivity contribution in [2.24, 2.45) is 0 Å². The summed E-state index contributed by atoms with van der Waals surface area (Å²) >= 11 is 1.33. The lowest BCUT2D eigenvalue weighted by Crippen LogP contribution is -2.25. The number of rotatable bonds is 4. The fraction of sp³-hybridized carbons (Fsp3) is 0.235. The number of aryl methyl sites for hydroxylation is 1. The van der Waals surface area contributed by atoms with E-state index in [4.69, 9.17) is 0 Å². The molecule has 0 bridgehead atoms. The first-order chi connectivity index (χ1) is 11.5. The number of benzene rings is 1. The van der Waals surface area contributed by atoms with Crippen LogP contribution >= 0.6 is 11.3 Å². The second kappa shape index (κ2) is 6.42. The minimum Gasteiger partial charge on any atom is -0.366 e. The molecule has 24 heavy (non-hydrogen) atoms. The molecule has 0 atom stereocenters. The lowest BCUT2D eigenvalue weighted by Gasteiger charge is -2.22. The molecule has 122 valence electrons. The highest BCUT2D eigenvalue weighted by Gasteiger charge is 2.14. The van der Waals surface area contributed by atoms with Crippen LogP contribution in [0.15, 0.2) is 35.1 Å². The Kier molecular flexibility index (Phi) is 4.32. The van der Waals surface area contributed by atoms with E-state index < -0.39 is 0 Å². The minimum atomic E-state index is -0.286. The lowest BCUT2D eigenvalue weighted by molar-refractivity contribution is 0.627. The zero-order valence-electron chi connectivity index (χ0n) is 13.3. The number of anilines is 1. The van der Waals surface area contributed by atoms with Crippen molar-refractivity contribution in [3.8, 4) is 6.07 Å². The normalized spacial score (nSPS) is 10.8. The molecule has 0 N–H and O–H groups in total. The Hall–Kier alpha value is -2.72. The average molecular weight is 342 g/mol. The number of hydrogen-bond acceptors (Lipinski definition) is 5. The molecule has 0 radical (unpaired) electrons. The van der Waals surface area contributed by atoms with E-state index in [1.807, 2.05) is 17.9 Å². The maximum Gasteiger partial charge on any atom is 0.259 e. The second-order valence-corrected chi connectivity index (χ2v) is 6.49. The van der Waals surface area contributed by atoms with Crippen molar-refractivity contribution in [1.29, 1.82) is 5.26 Å². The highest BCUT2D eigenvalue weighted by Crippen LogP contribution is 2.20. The molecule has 0 fully saturated rings. The van der Waals surface area contributed by atoms with Gasteiger partial charge in [-0.15, -0.1) is 11.3 Å². The molecule has 0 amide bonds. The van der Waals surface area contributed by atoms with E-state index >= 15 is 0 Å². The molecule has 3 rings (SSSR count). The van der Waals surface area contributed by atoms with Crippen molar-refractivity contribution in [3.05, 3.63) is 62.8 Å². The van der Waals surface area contributed by atoms with E-state index in [2.05, 4.69) is 4.98 Å². The van der Waals surface area contributed by atoms with Crippen LogP contribution in [-0.2, 0) is 6.54 Å². The molecule has 0 aliphatic rings. The van der Waals surface area contributed by atoms with Crippen LogP contribution in [0.4, 0.5) is 10.1 Å². The molecular formula is C17H15FN4OS. The van der Waals surface area contributed by atoms with Gasteiger partial charge >= 0.3 is 0 Å². The van der Waals surface area contributed by atoms with Crippen molar-refractivity contribution in [3.63, 3.8) is 0 Å². The molecule has 0 aliphatic heterocycles. The molecule has 0 aliphatic carbocycles.